The van der Waals surface area contributed by atoms with Gasteiger partial charge in [0.05, 0.1) is 12.4 Å². The second kappa shape index (κ2) is 9.60. The predicted molar refractivity (Wildman–Crippen MR) is 120 cm³/mol. The van der Waals surface area contributed by atoms with Crippen molar-refractivity contribution in [3.63, 3.8) is 0 Å². The molecule has 7 nitrogen and oxygen atoms in total. The average molecular weight is 433 g/mol. The van der Waals surface area contributed by atoms with Gasteiger partial charge in [-0.25, -0.2) is 15.6 Å². The Balaban J connectivity index is 1.26. The molecule has 2 aromatic carbocycles. The lowest BCUT2D eigenvalue weighted by molar-refractivity contribution is 0.242. The first-order valence-corrected chi connectivity index (χ1v) is 9.68. The largest absolute Gasteiger partial charge is 0.455 e. The highest BCUT2D eigenvalue weighted by Gasteiger charge is 2.04. The number of hydrazone groups is 2. The van der Waals surface area contributed by atoms with E-state index in [2.05, 4.69) is 21.1 Å². The summed E-state index contributed by atoms with van der Waals surface area (Å²) in [5, 5.41) is 8.32. The normalized spacial score (nSPS) is 11.3. The van der Waals surface area contributed by atoms with E-state index in [0.717, 1.165) is 11.1 Å². The fraction of sp³-hybridized carbons (Fsp3) is 0. The van der Waals surface area contributed by atoms with Crippen LogP contribution in [-0.2, 0) is 0 Å². The number of urea groups is 1. The lowest BCUT2D eigenvalue weighted by atomic mass is 10.2. The van der Waals surface area contributed by atoms with Crippen LogP contribution >= 0.6 is 11.6 Å². The minimum atomic E-state index is -0.605. The third-order valence-corrected chi connectivity index (χ3v) is 4.41. The van der Waals surface area contributed by atoms with Crippen LogP contribution in [0.5, 0.6) is 0 Å². The van der Waals surface area contributed by atoms with Crippen LogP contribution in [0.2, 0.25) is 5.02 Å². The first kappa shape index (κ1) is 20.2. The van der Waals surface area contributed by atoms with Gasteiger partial charge in [-0.1, -0.05) is 41.9 Å². The average Bonchev–Trinajstić information content (AvgIpc) is 3.45. The van der Waals surface area contributed by atoms with E-state index < -0.39 is 6.03 Å². The van der Waals surface area contributed by atoms with Crippen molar-refractivity contribution in [2.45, 2.75) is 0 Å². The molecule has 2 aromatic heterocycles. The van der Waals surface area contributed by atoms with Crippen LogP contribution in [0.1, 0.15) is 11.5 Å². The predicted octanol–water partition coefficient (Wildman–Crippen LogP) is 5.53. The first-order valence-electron chi connectivity index (χ1n) is 9.30. The van der Waals surface area contributed by atoms with Crippen molar-refractivity contribution in [3.05, 3.63) is 95.4 Å². The maximum atomic E-state index is 11.8. The Kier molecular flexibility index (Phi) is 6.25. The van der Waals surface area contributed by atoms with Crippen LogP contribution in [0.15, 0.2) is 97.9 Å². The second-order valence-corrected chi connectivity index (χ2v) is 6.78. The van der Waals surface area contributed by atoms with Crippen LogP contribution in [-0.4, -0.2) is 18.5 Å². The Bertz CT molecular complexity index is 1210. The molecule has 0 aliphatic heterocycles. The van der Waals surface area contributed by atoms with Gasteiger partial charge in [0.1, 0.15) is 23.0 Å². The van der Waals surface area contributed by atoms with Crippen molar-refractivity contribution in [2.24, 2.45) is 10.2 Å². The molecule has 8 heteroatoms. The molecule has 0 atom stereocenters. The summed E-state index contributed by atoms with van der Waals surface area (Å²) in [6, 6.07) is 23.5. The Morgan fingerprint density at radius 1 is 0.710 bits per heavy atom. The van der Waals surface area contributed by atoms with E-state index in [1.807, 2.05) is 54.6 Å². The van der Waals surface area contributed by atoms with E-state index in [1.54, 1.807) is 24.3 Å². The monoisotopic (exact) mass is 432 g/mol. The van der Waals surface area contributed by atoms with E-state index >= 15 is 0 Å². The molecular formula is C23H17ClN4O3. The van der Waals surface area contributed by atoms with E-state index in [-0.39, 0.29) is 0 Å². The molecule has 4 rings (SSSR count). The van der Waals surface area contributed by atoms with Crippen LogP contribution in [0.25, 0.3) is 22.6 Å². The fourth-order valence-electron chi connectivity index (χ4n) is 2.71. The SMILES string of the molecule is O=C(N/N=C/c1ccc(-c2ccccc2)o1)N/N=C/c1ccc(-c2ccc(Cl)cc2)o1. The van der Waals surface area contributed by atoms with Gasteiger partial charge in [-0.3, -0.25) is 0 Å². The Hall–Kier alpha value is -4.10. The summed E-state index contributed by atoms with van der Waals surface area (Å²) in [4.78, 5) is 11.8. The number of rotatable bonds is 6. The number of halogens is 1. The van der Waals surface area contributed by atoms with E-state index in [0.29, 0.717) is 28.1 Å². The molecule has 0 unspecified atom stereocenters. The fourth-order valence-corrected chi connectivity index (χ4v) is 2.83. The minimum absolute atomic E-state index is 0.484. The molecule has 2 heterocycles. The quantitative estimate of drug-likeness (QED) is 0.310. The van der Waals surface area contributed by atoms with E-state index in [4.69, 9.17) is 20.4 Å². The van der Waals surface area contributed by atoms with Crippen molar-refractivity contribution >= 4 is 30.1 Å². The molecule has 4 aromatic rings. The van der Waals surface area contributed by atoms with Crippen molar-refractivity contribution < 1.29 is 13.6 Å². The summed E-state index contributed by atoms with van der Waals surface area (Å²) in [7, 11) is 0. The van der Waals surface area contributed by atoms with Crippen molar-refractivity contribution in [2.75, 3.05) is 0 Å². The molecule has 0 saturated heterocycles. The molecule has 31 heavy (non-hydrogen) atoms. The zero-order valence-electron chi connectivity index (χ0n) is 16.2. The minimum Gasteiger partial charge on any atom is -0.455 e. The maximum Gasteiger partial charge on any atom is 0.355 e. The van der Waals surface area contributed by atoms with Crippen LogP contribution in [0.3, 0.4) is 0 Å². The molecular weight excluding hydrogens is 416 g/mol. The zero-order chi connectivity index (χ0) is 21.5. The smallest absolute Gasteiger partial charge is 0.355 e. The summed E-state index contributed by atoms with van der Waals surface area (Å²) < 4.78 is 11.3. The van der Waals surface area contributed by atoms with Gasteiger partial charge in [-0.05, 0) is 48.5 Å². The van der Waals surface area contributed by atoms with Crippen molar-refractivity contribution in [1.29, 1.82) is 0 Å². The highest BCUT2D eigenvalue weighted by Crippen LogP contribution is 2.23. The maximum absolute atomic E-state index is 11.8. The number of carbonyl (C=O) groups excluding carboxylic acids is 1. The highest BCUT2D eigenvalue weighted by molar-refractivity contribution is 6.30. The molecule has 2 N–H and O–H groups in total. The van der Waals surface area contributed by atoms with Gasteiger partial charge >= 0.3 is 6.03 Å². The van der Waals surface area contributed by atoms with Gasteiger partial charge in [0.25, 0.3) is 0 Å². The Labute approximate surface area is 183 Å². The molecule has 0 saturated carbocycles. The number of furan rings is 2. The Morgan fingerprint density at radius 2 is 1.23 bits per heavy atom. The lowest BCUT2D eigenvalue weighted by Crippen LogP contribution is -2.28. The molecule has 0 fully saturated rings. The summed E-state index contributed by atoms with van der Waals surface area (Å²) >= 11 is 5.89. The number of hydrogen-bond acceptors (Lipinski definition) is 5. The molecule has 0 bridgehead atoms. The second-order valence-electron chi connectivity index (χ2n) is 6.35. The zero-order valence-corrected chi connectivity index (χ0v) is 16.9. The number of nitrogens with zero attached hydrogens (tertiary/aromatic N) is 2. The number of hydrogen-bond donors (Lipinski definition) is 2. The number of nitrogens with one attached hydrogen (secondary N) is 2. The Morgan fingerprint density at radius 3 is 1.77 bits per heavy atom. The topological polar surface area (TPSA) is 92.1 Å². The van der Waals surface area contributed by atoms with Gasteiger partial charge in [-0.15, -0.1) is 0 Å². The molecule has 0 aliphatic rings. The van der Waals surface area contributed by atoms with E-state index in [1.165, 1.54) is 12.4 Å². The molecule has 2 amide bonds. The summed E-state index contributed by atoms with van der Waals surface area (Å²) in [6.07, 6.45) is 2.79. The van der Waals surface area contributed by atoms with Crippen molar-refractivity contribution in [1.82, 2.24) is 10.9 Å². The van der Waals surface area contributed by atoms with Crippen LogP contribution in [0.4, 0.5) is 4.79 Å². The number of carbonyl (C=O) groups is 1. The molecule has 0 spiro atoms. The molecule has 154 valence electrons. The summed E-state index contributed by atoms with van der Waals surface area (Å²) in [5.74, 6) is 2.37. The highest BCUT2D eigenvalue weighted by atomic mass is 35.5. The van der Waals surface area contributed by atoms with Crippen LogP contribution < -0.4 is 10.9 Å². The van der Waals surface area contributed by atoms with Crippen molar-refractivity contribution in [3.8, 4) is 22.6 Å². The third-order valence-electron chi connectivity index (χ3n) is 4.16. The summed E-state index contributed by atoms with van der Waals surface area (Å²) in [5.41, 5.74) is 6.45. The van der Waals surface area contributed by atoms with E-state index in [9.17, 15) is 4.79 Å². The third kappa shape index (κ3) is 5.49. The van der Waals surface area contributed by atoms with Gasteiger partial charge in [-0.2, -0.15) is 10.2 Å². The van der Waals surface area contributed by atoms with Crippen LogP contribution in [0, 0.1) is 0 Å². The standard InChI is InChI=1S/C23H17ClN4O3/c24-18-8-6-17(7-9-18)22-13-11-20(31-22)15-26-28-23(29)27-25-14-19-10-12-21(30-19)16-4-2-1-3-5-16/h1-15H,(H2,27,28,29)/b25-14+,26-15+. The van der Waals surface area contributed by atoms with Gasteiger partial charge in [0.2, 0.25) is 0 Å². The molecule has 0 radical (unpaired) electrons. The lowest BCUT2D eigenvalue weighted by Gasteiger charge is -1.97. The number of benzene rings is 2. The van der Waals surface area contributed by atoms with Gasteiger partial charge in [0.15, 0.2) is 0 Å². The van der Waals surface area contributed by atoms with Gasteiger partial charge in [0, 0.05) is 16.1 Å². The molecule has 0 aliphatic carbocycles. The number of amides is 2. The summed E-state index contributed by atoms with van der Waals surface area (Å²) in [6.45, 7) is 0. The van der Waals surface area contributed by atoms with Gasteiger partial charge < -0.3 is 8.83 Å². The first-order chi connectivity index (χ1) is 15.2.